The summed E-state index contributed by atoms with van der Waals surface area (Å²) in [6.45, 7) is 0. The molecular formula is C15H19ClN2O. The van der Waals surface area contributed by atoms with Crippen molar-refractivity contribution < 1.29 is 4.79 Å². The molecule has 1 aromatic rings. The number of benzene rings is 1. The summed E-state index contributed by atoms with van der Waals surface area (Å²) in [6.07, 6.45) is 6.70. The highest BCUT2D eigenvalue weighted by molar-refractivity contribution is 6.34. The predicted octanol–water partition coefficient (Wildman–Crippen LogP) is 3.41. The van der Waals surface area contributed by atoms with Crippen LogP contribution in [0.15, 0.2) is 12.1 Å². The zero-order valence-corrected chi connectivity index (χ0v) is 11.7. The highest BCUT2D eigenvalue weighted by atomic mass is 35.5. The van der Waals surface area contributed by atoms with Crippen LogP contribution in [0.2, 0.25) is 5.02 Å². The molecule has 3 N–H and O–H groups in total. The van der Waals surface area contributed by atoms with Gasteiger partial charge in [0.1, 0.15) is 0 Å². The molecule has 1 aromatic carbocycles. The molecule has 1 amide bonds. The van der Waals surface area contributed by atoms with Gasteiger partial charge in [0.2, 0.25) is 5.91 Å². The van der Waals surface area contributed by atoms with Crippen molar-refractivity contribution in [1.29, 1.82) is 0 Å². The van der Waals surface area contributed by atoms with E-state index in [2.05, 4.69) is 11.4 Å². The van der Waals surface area contributed by atoms with E-state index in [9.17, 15) is 4.79 Å². The van der Waals surface area contributed by atoms with Gasteiger partial charge in [0.15, 0.2) is 0 Å². The molecule has 3 rings (SSSR count). The molecule has 1 aliphatic carbocycles. The minimum atomic E-state index is 0.0142. The molecule has 1 atom stereocenters. The first-order valence-electron chi connectivity index (χ1n) is 7.03. The number of hydrogen-bond donors (Lipinski definition) is 2. The summed E-state index contributed by atoms with van der Waals surface area (Å²) >= 11 is 6.25. The van der Waals surface area contributed by atoms with Crippen LogP contribution < -0.4 is 11.1 Å². The lowest BCUT2D eigenvalue weighted by atomic mass is 9.81. The molecule has 3 nitrogen and oxygen atoms in total. The average molecular weight is 279 g/mol. The molecule has 0 bridgehead atoms. The number of rotatable bonds is 2. The molecule has 2 aliphatic rings. The van der Waals surface area contributed by atoms with Gasteiger partial charge in [-0.25, -0.2) is 0 Å². The van der Waals surface area contributed by atoms with E-state index in [1.54, 1.807) is 0 Å². The maximum atomic E-state index is 11.4. The van der Waals surface area contributed by atoms with Crippen LogP contribution in [-0.2, 0) is 11.2 Å². The lowest BCUT2D eigenvalue weighted by molar-refractivity contribution is -0.115. The van der Waals surface area contributed by atoms with Crippen LogP contribution >= 0.6 is 11.6 Å². The van der Waals surface area contributed by atoms with Gasteiger partial charge in [0.05, 0.1) is 17.1 Å². The molecule has 1 aliphatic heterocycles. The molecule has 0 saturated heterocycles. The fraction of sp³-hybridized carbons (Fsp3) is 0.533. The van der Waals surface area contributed by atoms with Gasteiger partial charge < -0.3 is 11.1 Å². The Kier molecular flexibility index (Phi) is 3.50. The Morgan fingerprint density at radius 1 is 1.26 bits per heavy atom. The van der Waals surface area contributed by atoms with Crippen LogP contribution in [0.5, 0.6) is 0 Å². The number of halogens is 1. The van der Waals surface area contributed by atoms with E-state index in [-0.39, 0.29) is 11.9 Å². The normalized spacial score (nSPS) is 21.1. The first-order chi connectivity index (χ1) is 9.15. The summed E-state index contributed by atoms with van der Waals surface area (Å²) in [5.74, 6) is 0.563. The Bertz CT molecular complexity index is 509. The van der Waals surface area contributed by atoms with Gasteiger partial charge in [0, 0.05) is 6.04 Å². The second-order valence-corrected chi connectivity index (χ2v) is 6.09. The Hall–Kier alpha value is -1.06. The molecule has 1 fully saturated rings. The van der Waals surface area contributed by atoms with Crippen molar-refractivity contribution in [2.45, 2.75) is 44.6 Å². The van der Waals surface area contributed by atoms with Crippen LogP contribution in [0.1, 0.15) is 49.3 Å². The first kappa shape index (κ1) is 12.9. The van der Waals surface area contributed by atoms with Crippen LogP contribution in [0.25, 0.3) is 0 Å². The largest absolute Gasteiger partial charge is 0.324 e. The van der Waals surface area contributed by atoms with E-state index in [0.717, 1.165) is 16.8 Å². The van der Waals surface area contributed by atoms with Crippen molar-refractivity contribution in [1.82, 2.24) is 0 Å². The maximum absolute atomic E-state index is 11.4. The Labute approximate surface area is 118 Å². The third-order valence-corrected chi connectivity index (χ3v) is 4.65. The van der Waals surface area contributed by atoms with Crippen LogP contribution in [0.3, 0.4) is 0 Å². The minimum absolute atomic E-state index is 0.0142. The predicted molar refractivity (Wildman–Crippen MR) is 77.3 cm³/mol. The number of nitrogens with two attached hydrogens (primary N) is 1. The Morgan fingerprint density at radius 3 is 2.74 bits per heavy atom. The van der Waals surface area contributed by atoms with E-state index in [1.165, 1.54) is 32.1 Å². The summed E-state index contributed by atoms with van der Waals surface area (Å²) in [5.41, 5.74) is 9.23. The summed E-state index contributed by atoms with van der Waals surface area (Å²) in [4.78, 5) is 11.4. The standard InChI is InChI=1S/C15H19ClN2O/c16-12-7-10(6-11-8-13(19)18-15(11)12)14(17)9-4-2-1-3-5-9/h6-7,9,14H,1-5,8,17H2,(H,18,19). The third kappa shape index (κ3) is 2.49. The van der Waals surface area contributed by atoms with Gasteiger partial charge in [-0.3, -0.25) is 4.79 Å². The summed E-state index contributed by atoms with van der Waals surface area (Å²) in [5, 5.41) is 3.42. The number of hydrogen-bond acceptors (Lipinski definition) is 2. The fourth-order valence-corrected chi connectivity index (χ4v) is 3.58. The minimum Gasteiger partial charge on any atom is -0.324 e. The summed E-state index contributed by atoms with van der Waals surface area (Å²) in [6, 6.07) is 4.02. The molecule has 0 radical (unpaired) electrons. The number of anilines is 1. The average Bonchev–Trinajstić information content (AvgIpc) is 2.80. The van der Waals surface area contributed by atoms with Crippen LogP contribution in [0, 0.1) is 5.92 Å². The smallest absolute Gasteiger partial charge is 0.228 e. The second-order valence-electron chi connectivity index (χ2n) is 5.69. The van der Waals surface area contributed by atoms with E-state index in [0.29, 0.717) is 17.4 Å². The van der Waals surface area contributed by atoms with Gasteiger partial charge in [0.25, 0.3) is 0 Å². The van der Waals surface area contributed by atoms with E-state index in [1.807, 2.05) is 6.07 Å². The lowest BCUT2D eigenvalue weighted by Gasteiger charge is -2.28. The number of nitrogens with one attached hydrogen (secondary N) is 1. The van der Waals surface area contributed by atoms with Gasteiger partial charge in [-0.15, -0.1) is 0 Å². The lowest BCUT2D eigenvalue weighted by Crippen LogP contribution is -2.23. The van der Waals surface area contributed by atoms with Crippen molar-refractivity contribution in [3.05, 3.63) is 28.3 Å². The molecule has 1 heterocycles. The number of amides is 1. The number of fused-ring (bicyclic) bond motifs is 1. The van der Waals surface area contributed by atoms with Crippen molar-refractivity contribution in [2.75, 3.05) is 5.32 Å². The zero-order chi connectivity index (χ0) is 13.4. The van der Waals surface area contributed by atoms with E-state index >= 15 is 0 Å². The monoisotopic (exact) mass is 278 g/mol. The fourth-order valence-electron chi connectivity index (χ4n) is 3.28. The highest BCUT2D eigenvalue weighted by Crippen LogP contribution is 2.38. The molecule has 0 aromatic heterocycles. The van der Waals surface area contributed by atoms with Crippen molar-refractivity contribution in [2.24, 2.45) is 11.7 Å². The maximum Gasteiger partial charge on any atom is 0.228 e. The zero-order valence-electron chi connectivity index (χ0n) is 10.9. The van der Waals surface area contributed by atoms with Crippen LogP contribution in [-0.4, -0.2) is 5.91 Å². The first-order valence-corrected chi connectivity index (χ1v) is 7.40. The quantitative estimate of drug-likeness (QED) is 0.871. The summed E-state index contributed by atoms with van der Waals surface area (Å²) in [7, 11) is 0. The Balaban J connectivity index is 1.87. The van der Waals surface area contributed by atoms with Crippen molar-refractivity contribution in [3.8, 4) is 0 Å². The SMILES string of the molecule is NC(c1cc(Cl)c2c(c1)CC(=O)N2)C1CCCCC1. The topological polar surface area (TPSA) is 55.1 Å². The van der Waals surface area contributed by atoms with Crippen LogP contribution in [0.4, 0.5) is 5.69 Å². The molecular weight excluding hydrogens is 260 g/mol. The molecule has 0 spiro atoms. The second kappa shape index (κ2) is 5.14. The molecule has 4 heteroatoms. The van der Waals surface area contributed by atoms with Gasteiger partial charge in [-0.1, -0.05) is 36.9 Å². The summed E-state index contributed by atoms with van der Waals surface area (Å²) < 4.78 is 0. The van der Waals surface area contributed by atoms with Gasteiger partial charge >= 0.3 is 0 Å². The number of carbonyl (C=O) groups is 1. The van der Waals surface area contributed by atoms with E-state index < -0.39 is 0 Å². The molecule has 19 heavy (non-hydrogen) atoms. The molecule has 102 valence electrons. The number of carbonyl (C=O) groups excluding carboxylic acids is 1. The van der Waals surface area contributed by atoms with Gasteiger partial charge in [-0.05, 0) is 36.0 Å². The van der Waals surface area contributed by atoms with Gasteiger partial charge in [-0.2, -0.15) is 0 Å². The molecule has 1 unspecified atom stereocenters. The highest BCUT2D eigenvalue weighted by Gasteiger charge is 2.26. The Morgan fingerprint density at radius 2 is 2.00 bits per heavy atom. The molecule has 1 saturated carbocycles. The third-order valence-electron chi connectivity index (χ3n) is 4.35. The van der Waals surface area contributed by atoms with E-state index in [4.69, 9.17) is 17.3 Å². The van der Waals surface area contributed by atoms with Crippen molar-refractivity contribution in [3.63, 3.8) is 0 Å². The van der Waals surface area contributed by atoms with Crippen molar-refractivity contribution >= 4 is 23.2 Å².